The molecule has 1 fully saturated rings. The van der Waals surface area contributed by atoms with Gasteiger partial charge >= 0.3 is 9.05 Å². The average Bonchev–Trinajstić information content (AvgIpc) is 3.12. The Morgan fingerprint density at radius 3 is 1.75 bits per heavy atom. The third-order valence-corrected chi connectivity index (χ3v) is 6.72. The molecule has 1 aliphatic carbocycles. The Kier molecular flexibility index (Phi) is 11.3. The molecule has 1 rings (SSSR count). The molecule has 0 N–H and O–H groups in total. The lowest BCUT2D eigenvalue weighted by molar-refractivity contribution is -0.0920. The fraction of sp³-hybridized carbons (Fsp3) is 1.00. The largest absolute Gasteiger partial charge is 0.680 e. The van der Waals surface area contributed by atoms with Crippen LogP contribution in [-0.2, 0) is 27.2 Å². The summed E-state index contributed by atoms with van der Waals surface area (Å²) in [7, 11) is 1.71. The standard InChI is InChI=1S/C17H36O6Si/c1-6-16(13-18-3)22-24(20-5,23-17(7-2)14-19-4)21-12-15-10-8-9-11-15/h15-17H,6-14H2,1-5H3. The van der Waals surface area contributed by atoms with E-state index in [0.29, 0.717) is 25.7 Å². The van der Waals surface area contributed by atoms with E-state index in [1.54, 1.807) is 21.3 Å². The molecule has 0 aromatic carbocycles. The van der Waals surface area contributed by atoms with Gasteiger partial charge in [-0.25, -0.2) is 0 Å². The Morgan fingerprint density at radius 1 is 0.875 bits per heavy atom. The van der Waals surface area contributed by atoms with E-state index in [-0.39, 0.29) is 12.2 Å². The van der Waals surface area contributed by atoms with Gasteiger partial charge < -0.3 is 27.2 Å². The van der Waals surface area contributed by atoms with Crippen molar-refractivity contribution < 1.29 is 27.2 Å². The van der Waals surface area contributed by atoms with Gasteiger partial charge in [-0.2, -0.15) is 0 Å². The Labute approximate surface area is 148 Å². The first kappa shape index (κ1) is 22.0. The lowest BCUT2D eigenvalue weighted by Gasteiger charge is -2.33. The molecule has 0 bridgehead atoms. The minimum Gasteiger partial charge on any atom is -0.382 e. The average molecular weight is 365 g/mol. The first-order valence-electron chi connectivity index (χ1n) is 9.15. The summed E-state index contributed by atoms with van der Waals surface area (Å²) in [5, 5.41) is 0. The molecular formula is C17H36O6Si. The van der Waals surface area contributed by atoms with Crippen LogP contribution in [0.15, 0.2) is 0 Å². The minimum atomic E-state index is -3.24. The lowest BCUT2D eigenvalue weighted by Crippen LogP contribution is -2.54. The molecule has 1 saturated carbocycles. The topological polar surface area (TPSA) is 55.4 Å². The molecular weight excluding hydrogens is 328 g/mol. The van der Waals surface area contributed by atoms with Gasteiger partial charge in [0, 0.05) is 27.9 Å². The van der Waals surface area contributed by atoms with Crippen LogP contribution in [0.4, 0.5) is 0 Å². The van der Waals surface area contributed by atoms with Gasteiger partial charge in [-0.1, -0.05) is 26.7 Å². The molecule has 0 aromatic heterocycles. The normalized spacial score (nSPS) is 20.9. The third kappa shape index (κ3) is 7.47. The molecule has 0 saturated heterocycles. The summed E-state index contributed by atoms with van der Waals surface area (Å²) >= 11 is 0. The van der Waals surface area contributed by atoms with Crippen LogP contribution in [-0.4, -0.2) is 62.4 Å². The van der Waals surface area contributed by atoms with Crippen molar-refractivity contribution in [2.24, 2.45) is 5.92 Å². The third-order valence-electron chi connectivity index (χ3n) is 4.46. The molecule has 144 valence electrons. The van der Waals surface area contributed by atoms with Crippen LogP contribution < -0.4 is 0 Å². The Bertz CT molecular complexity index is 295. The second kappa shape index (κ2) is 12.3. The van der Waals surface area contributed by atoms with Crippen molar-refractivity contribution in [1.29, 1.82) is 0 Å². The monoisotopic (exact) mass is 364 g/mol. The number of ether oxygens (including phenoxy) is 2. The molecule has 1 aliphatic rings. The van der Waals surface area contributed by atoms with Gasteiger partial charge in [0.25, 0.3) is 0 Å². The van der Waals surface area contributed by atoms with Crippen molar-refractivity contribution in [2.45, 2.75) is 64.6 Å². The lowest BCUT2D eigenvalue weighted by atomic mass is 10.1. The van der Waals surface area contributed by atoms with E-state index in [9.17, 15) is 0 Å². The fourth-order valence-corrected chi connectivity index (χ4v) is 5.13. The molecule has 0 radical (unpaired) electrons. The van der Waals surface area contributed by atoms with E-state index in [2.05, 4.69) is 13.8 Å². The second-order valence-electron chi connectivity index (χ2n) is 6.37. The van der Waals surface area contributed by atoms with Gasteiger partial charge in [-0.15, -0.1) is 0 Å². The van der Waals surface area contributed by atoms with Crippen LogP contribution >= 0.6 is 0 Å². The Balaban J connectivity index is 2.78. The quantitative estimate of drug-likeness (QED) is 0.441. The molecule has 0 heterocycles. The van der Waals surface area contributed by atoms with Crippen molar-refractivity contribution in [1.82, 2.24) is 0 Å². The highest BCUT2D eigenvalue weighted by atomic mass is 28.4. The van der Waals surface area contributed by atoms with Crippen LogP contribution in [0.2, 0.25) is 0 Å². The molecule has 2 atom stereocenters. The predicted octanol–water partition coefficient (Wildman–Crippen LogP) is 3.16. The smallest absolute Gasteiger partial charge is 0.382 e. The van der Waals surface area contributed by atoms with Crippen molar-refractivity contribution in [3.8, 4) is 0 Å². The van der Waals surface area contributed by atoms with E-state index in [4.69, 9.17) is 27.2 Å². The van der Waals surface area contributed by atoms with Crippen LogP contribution in [0, 0.1) is 5.92 Å². The minimum absolute atomic E-state index is 0.106. The highest BCUT2D eigenvalue weighted by molar-refractivity contribution is 6.53. The molecule has 6 nitrogen and oxygen atoms in total. The number of hydrogen-bond donors (Lipinski definition) is 0. The van der Waals surface area contributed by atoms with Crippen molar-refractivity contribution in [2.75, 3.05) is 41.2 Å². The molecule has 0 spiro atoms. The molecule has 24 heavy (non-hydrogen) atoms. The Morgan fingerprint density at radius 2 is 1.38 bits per heavy atom. The van der Waals surface area contributed by atoms with Gasteiger partial charge in [0.05, 0.1) is 25.4 Å². The molecule has 0 aromatic rings. The fourth-order valence-electron chi connectivity index (χ4n) is 2.90. The van der Waals surface area contributed by atoms with E-state index in [0.717, 1.165) is 12.8 Å². The molecule has 0 aliphatic heterocycles. The first-order valence-corrected chi connectivity index (χ1v) is 10.8. The summed E-state index contributed by atoms with van der Waals surface area (Å²) in [6.45, 7) is 5.73. The van der Waals surface area contributed by atoms with Gasteiger partial charge in [0.15, 0.2) is 0 Å². The maximum Gasteiger partial charge on any atom is 0.680 e. The van der Waals surface area contributed by atoms with Crippen molar-refractivity contribution >= 4 is 9.05 Å². The summed E-state index contributed by atoms with van der Waals surface area (Å²) in [6.07, 6.45) is 6.37. The van der Waals surface area contributed by atoms with E-state index >= 15 is 0 Å². The number of methoxy groups -OCH3 is 2. The van der Waals surface area contributed by atoms with Crippen molar-refractivity contribution in [3.05, 3.63) is 0 Å². The van der Waals surface area contributed by atoms with Gasteiger partial charge in [-0.05, 0) is 31.6 Å². The van der Waals surface area contributed by atoms with Crippen LogP contribution in [0.3, 0.4) is 0 Å². The maximum atomic E-state index is 6.21. The zero-order chi connectivity index (χ0) is 17.8. The summed E-state index contributed by atoms with van der Waals surface area (Å²) in [6, 6.07) is 0. The summed E-state index contributed by atoms with van der Waals surface area (Å²) < 4.78 is 34.8. The second-order valence-corrected chi connectivity index (χ2v) is 8.54. The Hall–Kier alpha value is -0.0231. The number of hydrogen-bond acceptors (Lipinski definition) is 6. The SMILES string of the molecule is CCC(COC)O[Si](OC)(OCC1CCCC1)OC(CC)COC. The van der Waals surface area contributed by atoms with Gasteiger partial charge in [0.2, 0.25) is 0 Å². The van der Waals surface area contributed by atoms with Gasteiger partial charge in [0.1, 0.15) is 0 Å². The zero-order valence-electron chi connectivity index (χ0n) is 16.0. The van der Waals surface area contributed by atoms with Gasteiger partial charge in [-0.3, -0.25) is 0 Å². The predicted molar refractivity (Wildman–Crippen MR) is 94.8 cm³/mol. The number of rotatable bonds is 14. The van der Waals surface area contributed by atoms with E-state index in [1.165, 1.54) is 25.7 Å². The van der Waals surface area contributed by atoms with Crippen LogP contribution in [0.25, 0.3) is 0 Å². The van der Waals surface area contributed by atoms with Crippen LogP contribution in [0.1, 0.15) is 52.4 Å². The maximum absolute atomic E-state index is 6.21. The molecule has 2 unspecified atom stereocenters. The summed E-state index contributed by atoms with van der Waals surface area (Å²) in [4.78, 5) is 0. The molecule has 0 amide bonds. The van der Waals surface area contributed by atoms with Crippen molar-refractivity contribution in [3.63, 3.8) is 0 Å². The molecule has 7 heteroatoms. The summed E-state index contributed by atoms with van der Waals surface area (Å²) in [5.41, 5.74) is 0. The highest BCUT2D eigenvalue weighted by Gasteiger charge is 2.49. The van der Waals surface area contributed by atoms with E-state index in [1.807, 2.05) is 0 Å². The summed E-state index contributed by atoms with van der Waals surface area (Å²) in [5.74, 6) is 0.573. The zero-order valence-corrected chi connectivity index (χ0v) is 17.0. The first-order chi connectivity index (χ1) is 11.6. The van der Waals surface area contributed by atoms with Crippen LogP contribution in [0.5, 0.6) is 0 Å². The highest BCUT2D eigenvalue weighted by Crippen LogP contribution is 2.27. The van der Waals surface area contributed by atoms with E-state index < -0.39 is 9.05 Å².